The Bertz CT molecular complexity index is 1960. The minimum Gasteiger partial charge on any atom is -0.496 e. The van der Waals surface area contributed by atoms with Crippen molar-refractivity contribution in [2.75, 3.05) is 82.1 Å². The third-order valence-electron chi connectivity index (χ3n) is 10.2. The molecule has 16 nitrogen and oxygen atoms in total. The van der Waals surface area contributed by atoms with Gasteiger partial charge in [0.25, 0.3) is 0 Å². The van der Waals surface area contributed by atoms with E-state index in [9.17, 15) is 14.4 Å². The number of nitrogens with two attached hydrogens (primary N) is 2. The molecule has 0 saturated carbocycles. The molecule has 4 heterocycles. The number of amides is 1. The van der Waals surface area contributed by atoms with Gasteiger partial charge in [-0.15, -0.1) is 0 Å². The lowest BCUT2D eigenvalue weighted by atomic mass is 10.0. The lowest BCUT2D eigenvalue weighted by molar-refractivity contribution is -0.132. The van der Waals surface area contributed by atoms with Gasteiger partial charge in [0.15, 0.2) is 0 Å². The maximum atomic E-state index is 12.9. The number of benzene rings is 2. The second-order valence-corrected chi connectivity index (χ2v) is 13.8. The predicted octanol–water partition coefficient (Wildman–Crippen LogP) is 3.90. The number of para-hydroxylation sites is 2. The van der Waals surface area contributed by atoms with Gasteiger partial charge in [-0.2, -0.15) is 9.97 Å². The average Bonchev–Trinajstić information content (AvgIpc) is 3.24. The molecule has 0 bridgehead atoms. The van der Waals surface area contributed by atoms with Crippen LogP contribution in [0, 0.1) is 0 Å². The summed E-state index contributed by atoms with van der Waals surface area (Å²) in [6, 6.07) is 14.5. The van der Waals surface area contributed by atoms with Gasteiger partial charge in [0, 0.05) is 50.5 Å². The summed E-state index contributed by atoms with van der Waals surface area (Å²) < 4.78 is 10.5. The van der Waals surface area contributed by atoms with Gasteiger partial charge in [0.05, 0.1) is 36.5 Å². The Morgan fingerprint density at radius 3 is 1.63 bits per heavy atom. The van der Waals surface area contributed by atoms with Crippen molar-refractivity contribution in [2.45, 2.75) is 58.0 Å². The molecule has 16 heteroatoms. The quantitative estimate of drug-likeness (QED) is 0.108. The fourth-order valence-electron chi connectivity index (χ4n) is 6.79. The van der Waals surface area contributed by atoms with Gasteiger partial charge in [-0.1, -0.05) is 38.1 Å². The normalized spacial score (nSPS) is 14.6. The molecule has 2 saturated heterocycles. The van der Waals surface area contributed by atoms with E-state index in [0.29, 0.717) is 60.1 Å². The molecule has 6 rings (SSSR count). The molecule has 7 N–H and O–H groups in total. The van der Waals surface area contributed by atoms with E-state index < -0.39 is 0 Å². The van der Waals surface area contributed by atoms with Gasteiger partial charge in [-0.05, 0) is 76.1 Å². The molecular weight excluding hydrogens is 727 g/mol. The number of carbonyl (C=O) groups is 3. The fraction of sp³-hybridized carbons (Fsp3) is 0.439. The zero-order valence-corrected chi connectivity index (χ0v) is 33.3. The number of aromatic nitrogens is 4. The zero-order chi connectivity index (χ0) is 40.7. The molecular formula is C41H55N11O5. The highest BCUT2D eigenvalue weighted by atomic mass is 16.5. The fourth-order valence-corrected chi connectivity index (χ4v) is 6.79. The summed E-state index contributed by atoms with van der Waals surface area (Å²) in [5.41, 5.74) is 13.4. The van der Waals surface area contributed by atoms with Crippen LogP contribution in [0.5, 0.6) is 11.5 Å². The number of hydrogen-bond donors (Lipinski definition) is 5. The molecule has 0 unspecified atom stereocenters. The first-order valence-electron chi connectivity index (χ1n) is 19.5. The van der Waals surface area contributed by atoms with Crippen LogP contribution in [-0.2, 0) is 4.79 Å². The van der Waals surface area contributed by atoms with Gasteiger partial charge in [-0.3, -0.25) is 14.4 Å². The van der Waals surface area contributed by atoms with Crippen LogP contribution in [-0.4, -0.2) is 119 Å². The largest absolute Gasteiger partial charge is 0.496 e. The molecule has 57 heavy (non-hydrogen) atoms. The van der Waals surface area contributed by atoms with E-state index in [0.717, 1.165) is 58.4 Å². The third-order valence-corrected chi connectivity index (χ3v) is 10.2. The Kier molecular flexibility index (Phi) is 15.5. The van der Waals surface area contributed by atoms with Crippen molar-refractivity contribution in [1.29, 1.82) is 0 Å². The third kappa shape index (κ3) is 11.4. The Labute approximate surface area is 334 Å². The van der Waals surface area contributed by atoms with Gasteiger partial charge >= 0.3 is 0 Å². The summed E-state index contributed by atoms with van der Waals surface area (Å²) in [7, 11) is 3.04. The second-order valence-electron chi connectivity index (χ2n) is 13.8. The van der Waals surface area contributed by atoms with Gasteiger partial charge in [0.1, 0.15) is 23.1 Å². The van der Waals surface area contributed by atoms with E-state index in [1.807, 2.05) is 11.0 Å². The molecule has 304 valence electrons. The SMILES string of the molecule is CCN(CC)CCC(=O)N1CCC(Nc2ncc(C(=O)c3ccccc3OC)c(N)n2)CC1.COc1ccccc1C(=O)c1cnc(NC2CCNCC2)nc1N. The van der Waals surface area contributed by atoms with E-state index in [1.54, 1.807) is 42.5 Å². The van der Waals surface area contributed by atoms with E-state index in [1.165, 1.54) is 26.6 Å². The molecule has 2 aromatic carbocycles. The summed E-state index contributed by atoms with van der Waals surface area (Å²) in [5.74, 6) is 1.77. The minimum absolute atomic E-state index is 0.118. The highest BCUT2D eigenvalue weighted by molar-refractivity contribution is 6.13. The molecule has 2 aromatic heterocycles. The van der Waals surface area contributed by atoms with Crippen molar-refractivity contribution in [2.24, 2.45) is 0 Å². The number of hydrogen-bond acceptors (Lipinski definition) is 15. The maximum absolute atomic E-state index is 12.9. The van der Waals surface area contributed by atoms with Crippen LogP contribution in [0.25, 0.3) is 0 Å². The summed E-state index contributed by atoms with van der Waals surface area (Å²) in [6.45, 7) is 10.3. The molecule has 0 radical (unpaired) electrons. The topological polar surface area (TPSA) is 216 Å². The summed E-state index contributed by atoms with van der Waals surface area (Å²) >= 11 is 0. The predicted molar refractivity (Wildman–Crippen MR) is 221 cm³/mol. The van der Waals surface area contributed by atoms with Gasteiger partial charge in [-0.25, -0.2) is 9.97 Å². The van der Waals surface area contributed by atoms with Crippen LogP contribution in [0.3, 0.4) is 0 Å². The lowest BCUT2D eigenvalue weighted by Gasteiger charge is -2.33. The maximum Gasteiger partial charge on any atom is 0.224 e. The number of rotatable bonds is 15. The Morgan fingerprint density at radius 2 is 1.19 bits per heavy atom. The first-order valence-corrected chi connectivity index (χ1v) is 19.5. The van der Waals surface area contributed by atoms with Crippen LogP contribution < -0.4 is 36.9 Å². The van der Waals surface area contributed by atoms with Crippen molar-refractivity contribution in [3.05, 3.63) is 83.2 Å². The number of carbonyl (C=O) groups excluding carboxylic acids is 3. The number of nitrogen functional groups attached to an aromatic ring is 2. The van der Waals surface area contributed by atoms with Crippen molar-refractivity contribution in [3.63, 3.8) is 0 Å². The summed E-state index contributed by atoms with van der Waals surface area (Å²) in [5, 5.41) is 9.87. The number of methoxy groups -OCH3 is 2. The van der Waals surface area contributed by atoms with Crippen LogP contribution in [0.15, 0.2) is 60.9 Å². The zero-order valence-electron chi connectivity index (χ0n) is 33.3. The Hall–Kier alpha value is -5.87. The number of piperidine rings is 2. The van der Waals surface area contributed by atoms with Crippen molar-refractivity contribution in [3.8, 4) is 11.5 Å². The van der Waals surface area contributed by atoms with E-state index in [2.05, 4.69) is 54.6 Å². The molecule has 0 atom stereocenters. The van der Waals surface area contributed by atoms with E-state index >= 15 is 0 Å². The number of ether oxygens (including phenoxy) is 2. The van der Waals surface area contributed by atoms with E-state index in [-0.39, 0.29) is 46.3 Å². The highest BCUT2D eigenvalue weighted by Gasteiger charge is 2.25. The average molecular weight is 782 g/mol. The standard InChI is InChI=1S/C24H34N6O3.C17H21N5O2/c1-4-29(5-2)13-12-21(31)30-14-10-17(11-15-30)27-24-26-16-19(23(25)28-24)22(32)18-8-6-7-9-20(18)33-3;1-24-14-5-3-2-4-12(14)15(23)13-10-20-17(22-16(13)18)21-11-6-8-19-9-7-11/h6-9,16-17H,4-5,10-15H2,1-3H3,(H3,25,26,27,28);2-5,10-11,19H,6-9H2,1H3,(H3,18,20,21,22). The van der Waals surface area contributed by atoms with Gasteiger partial charge < -0.3 is 46.7 Å². The molecule has 2 fully saturated rings. The van der Waals surface area contributed by atoms with Crippen molar-refractivity contribution < 1.29 is 23.9 Å². The Balaban J connectivity index is 0.000000228. The van der Waals surface area contributed by atoms with Crippen LogP contribution in [0.2, 0.25) is 0 Å². The first-order chi connectivity index (χ1) is 27.6. The Morgan fingerprint density at radius 1 is 0.737 bits per heavy atom. The molecule has 0 aliphatic carbocycles. The summed E-state index contributed by atoms with van der Waals surface area (Å²) in [4.78, 5) is 59.4. The lowest BCUT2D eigenvalue weighted by Crippen LogP contribution is -2.43. The monoisotopic (exact) mass is 781 g/mol. The van der Waals surface area contributed by atoms with Crippen LogP contribution in [0.4, 0.5) is 23.5 Å². The van der Waals surface area contributed by atoms with Crippen LogP contribution >= 0.6 is 0 Å². The van der Waals surface area contributed by atoms with Crippen LogP contribution in [0.1, 0.15) is 77.8 Å². The molecule has 1 amide bonds. The highest BCUT2D eigenvalue weighted by Crippen LogP contribution is 2.25. The molecule has 2 aliphatic heterocycles. The molecule has 2 aliphatic rings. The number of likely N-dealkylation sites (tertiary alicyclic amines) is 1. The molecule has 4 aromatic rings. The number of anilines is 4. The first kappa shape index (κ1) is 42.3. The smallest absolute Gasteiger partial charge is 0.224 e. The number of nitrogens with zero attached hydrogens (tertiary/aromatic N) is 6. The van der Waals surface area contributed by atoms with E-state index in [4.69, 9.17) is 20.9 Å². The van der Waals surface area contributed by atoms with Crippen molar-refractivity contribution >= 4 is 41.0 Å². The number of ketones is 2. The minimum atomic E-state index is -0.284. The second kappa shape index (κ2) is 20.9. The van der Waals surface area contributed by atoms with Crippen molar-refractivity contribution in [1.82, 2.24) is 35.1 Å². The van der Waals surface area contributed by atoms with Gasteiger partial charge in [0.2, 0.25) is 29.4 Å². The summed E-state index contributed by atoms with van der Waals surface area (Å²) in [6.07, 6.45) is 7.10. The number of nitrogens with one attached hydrogen (secondary N) is 3. The molecule has 0 spiro atoms.